The van der Waals surface area contributed by atoms with Crippen molar-refractivity contribution < 1.29 is 34.5 Å². The number of phenolic OH excluding ortho intramolecular Hbond substituents is 1. The van der Waals surface area contributed by atoms with Crippen LogP contribution in [-0.4, -0.2) is 57.2 Å². The lowest BCUT2D eigenvalue weighted by Gasteiger charge is -2.25. The van der Waals surface area contributed by atoms with Crippen LogP contribution in [0, 0.1) is 5.92 Å². The summed E-state index contributed by atoms with van der Waals surface area (Å²) < 4.78 is 0. The van der Waals surface area contributed by atoms with Crippen LogP contribution in [0.1, 0.15) is 32.3 Å². The van der Waals surface area contributed by atoms with Gasteiger partial charge in [-0.05, 0) is 36.5 Å². The second kappa shape index (κ2) is 11.0. The van der Waals surface area contributed by atoms with E-state index in [9.17, 15) is 29.4 Å². The van der Waals surface area contributed by atoms with Gasteiger partial charge in [0.25, 0.3) is 0 Å². The zero-order chi connectivity index (χ0) is 22.1. The number of aromatic hydroxyl groups is 1. The van der Waals surface area contributed by atoms with Gasteiger partial charge in [0, 0.05) is 6.42 Å². The fraction of sp³-hybridized carbons (Fsp3) is 0.474. The Labute approximate surface area is 168 Å². The Hall–Kier alpha value is -3.14. The largest absolute Gasteiger partial charge is 0.508 e. The van der Waals surface area contributed by atoms with Gasteiger partial charge in [-0.2, -0.15) is 0 Å². The molecule has 0 saturated carbocycles. The first-order valence-corrected chi connectivity index (χ1v) is 9.10. The molecule has 0 aromatic heterocycles. The SMILES string of the molecule is CC(C)C(NC(=O)C(N)Cc1ccc(O)cc1)C(=O)NC(CCC(=O)O)C(=O)O. The standard InChI is InChI=1S/C19H27N3O7/c1-10(2)16(18(27)21-14(19(28)29)7-8-15(24)25)22-17(26)13(20)9-11-3-5-12(23)6-4-11/h3-6,10,13-14,16,23H,7-9,20H2,1-2H3,(H,21,27)(H,22,26)(H,24,25)(H,28,29). The maximum Gasteiger partial charge on any atom is 0.326 e. The fourth-order valence-electron chi connectivity index (χ4n) is 2.56. The third-order valence-corrected chi connectivity index (χ3v) is 4.24. The molecule has 0 bridgehead atoms. The highest BCUT2D eigenvalue weighted by molar-refractivity contribution is 5.92. The average Bonchev–Trinajstić information content (AvgIpc) is 2.63. The monoisotopic (exact) mass is 409 g/mol. The molecule has 0 aliphatic carbocycles. The highest BCUT2D eigenvalue weighted by Crippen LogP contribution is 2.11. The zero-order valence-electron chi connectivity index (χ0n) is 16.3. The summed E-state index contributed by atoms with van der Waals surface area (Å²) in [5.41, 5.74) is 6.62. The summed E-state index contributed by atoms with van der Waals surface area (Å²) in [6.45, 7) is 3.34. The van der Waals surface area contributed by atoms with Crippen LogP contribution in [0.2, 0.25) is 0 Å². The number of rotatable bonds is 11. The topological polar surface area (TPSA) is 179 Å². The minimum Gasteiger partial charge on any atom is -0.508 e. The highest BCUT2D eigenvalue weighted by Gasteiger charge is 2.30. The van der Waals surface area contributed by atoms with Gasteiger partial charge in [-0.15, -0.1) is 0 Å². The predicted octanol–water partition coefficient (Wildman–Crippen LogP) is -0.163. The molecule has 0 spiro atoms. The number of carbonyl (C=O) groups is 4. The van der Waals surface area contributed by atoms with Gasteiger partial charge in [-0.1, -0.05) is 26.0 Å². The summed E-state index contributed by atoms with van der Waals surface area (Å²) in [7, 11) is 0. The Morgan fingerprint density at radius 2 is 1.59 bits per heavy atom. The van der Waals surface area contributed by atoms with Crippen molar-refractivity contribution in [2.45, 2.75) is 51.2 Å². The summed E-state index contributed by atoms with van der Waals surface area (Å²) in [5.74, 6) is -4.16. The third kappa shape index (κ3) is 8.18. The minimum absolute atomic E-state index is 0.0826. The molecule has 0 aliphatic heterocycles. The van der Waals surface area contributed by atoms with E-state index in [1.165, 1.54) is 12.1 Å². The summed E-state index contributed by atoms with van der Waals surface area (Å²) >= 11 is 0. The van der Waals surface area contributed by atoms with Gasteiger partial charge in [0.2, 0.25) is 11.8 Å². The Morgan fingerprint density at radius 3 is 2.07 bits per heavy atom. The van der Waals surface area contributed by atoms with Gasteiger partial charge in [0.05, 0.1) is 6.04 Å². The molecule has 0 saturated heterocycles. The number of aliphatic carboxylic acids is 2. The molecule has 0 radical (unpaired) electrons. The molecule has 0 fully saturated rings. The van der Waals surface area contributed by atoms with Crippen LogP contribution in [0.25, 0.3) is 0 Å². The van der Waals surface area contributed by atoms with E-state index in [2.05, 4.69) is 10.6 Å². The smallest absolute Gasteiger partial charge is 0.326 e. The molecule has 0 aliphatic rings. The number of carboxylic acids is 2. The number of benzene rings is 1. The van der Waals surface area contributed by atoms with Crippen molar-refractivity contribution in [2.75, 3.05) is 0 Å². The molecule has 1 aromatic carbocycles. The Kier molecular flexibility index (Phi) is 9.07. The fourth-order valence-corrected chi connectivity index (χ4v) is 2.56. The summed E-state index contributed by atoms with van der Waals surface area (Å²) in [6, 6.07) is 2.78. The van der Waals surface area contributed by atoms with Gasteiger partial charge in [0.15, 0.2) is 0 Å². The molecule has 10 nitrogen and oxygen atoms in total. The van der Waals surface area contributed by atoms with Crippen molar-refractivity contribution in [2.24, 2.45) is 11.7 Å². The molecule has 29 heavy (non-hydrogen) atoms. The van der Waals surface area contributed by atoms with Crippen LogP contribution in [-0.2, 0) is 25.6 Å². The highest BCUT2D eigenvalue weighted by atomic mass is 16.4. The number of nitrogens with two attached hydrogens (primary N) is 1. The van der Waals surface area contributed by atoms with E-state index in [1.807, 2.05) is 0 Å². The quantitative estimate of drug-likeness (QED) is 0.292. The van der Waals surface area contributed by atoms with Crippen molar-refractivity contribution in [1.82, 2.24) is 10.6 Å². The molecular weight excluding hydrogens is 382 g/mol. The van der Waals surface area contributed by atoms with Crippen molar-refractivity contribution in [3.63, 3.8) is 0 Å². The molecular formula is C19H27N3O7. The molecule has 7 N–H and O–H groups in total. The summed E-state index contributed by atoms with van der Waals surface area (Å²) in [4.78, 5) is 46.8. The van der Waals surface area contributed by atoms with Crippen LogP contribution in [0.5, 0.6) is 5.75 Å². The molecule has 2 amide bonds. The molecule has 1 rings (SSSR count). The van der Waals surface area contributed by atoms with Gasteiger partial charge in [-0.3, -0.25) is 14.4 Å². The average molecular weight is 409 g/mol. The van der Waals surface area contributed by atoms with Crippen LogP contribution in [0.3, 0.4) is 0 Å². The van der Waals surface area contributed by atoms with Crippen molar-refractivity contribution in [3.8, 4) is 5.75 Å². The van der Waals surface area contributed by atoms with Gasteiger partial charge in [0.1, 0.15) is 17.8 Å². The molecule has 10 heteroatoms. The van der Waals surface area contributed by atoms with Gasteiger partial charge in [-0.25, -0.2) is 4.79 Å². The van der Waals surface area contributed by atoms with Crippen LogP contribution in [0.15, 0.2) is 24.3 Å². The maximum absolute atomic E-state index is 12.5. The number of carbonyl (C=O) groups excluding carboxylic acids is 2. The molecule has 3 atom stereocenters. The Morgan fingerprint density at radius 1 is 1.00 bits per heavy atom. The van der Waals surface area contributed by atoms with E-state index < -0.39 is 48.3 Å². The van der Waals surface area contributed by atoms with Crippen LogP contribution < -0.4 is 16.4 Å². The Bertz CT molecular complexity index is 734. The Balaban J connectivity index is 2.75. The van der Waals surface area contributed by atoms with E-state index in [0.29, 0.717) is 0 Å². The summed E-state index contributed by atoms with van der Waals surface area (Å²) in [5, 5.41) is 32.0. The number of nitrogens with one attached hydrogen (secondary N) is 2. The molecule has 1 aromatic rings. The van der Waals surface area contributed by atoms with E-state index >= 15 is 0 Å². The number of carboxylic acid groups (broad SMARTS) is 2. The van der Waals surface area contributed by atoms with E-state index in [1.54, 1.807) is 26.0 Å². The third-order valence-electron chi connectivity index (χ3n) is 4.24. The van der Waals surface area contributed by atoms with Crippen molar-refractivity contribution >= 4 is 23.8 Å². The second-order valence-corrected chi connectivity index (χ2v) is 7.04. The number of hydrogen-bond donors (Lipinski definition) is 6. The second-order valence-electron chi connectivity index (χ2n) is 7.04. The van der Waals surface area contributed by atoms with Crippen LogP contribution >= 0.6 is 0 Å². The molecule has 3 unspecified atom stereocenters. The normalized spacial score (nSPS) is 13.9. The first-order chi connectivity index (χ1) is 13.5. The summed E-state index contributed by atoms with van der Waals surface area (Å²) in [6.07, 6.45) is -0.530. The lowest BCUT2D eigenvalue weighted by Crippen LogP contribution is -2.56. The lowest BCUT2D eigenvalue weighted by molar-refractivity contribution is -0.143. The first kappa shape index (κ1) is 23.9. The van der Waals surface area contributed by atoms with Gasteiger partial charge < -0.3 is 31.7 Å². The number of hydrogen-bond acceptors (Lipinski definition) is 6. The lowest BCUT2D eigenvalue weighted by atomic mass is 10.0. The van der Waals surface area contributed by atoms with Crippen LogP contribution in [0.4, 0.5) is 0 Å². The van der Waals surface area contributed by atoms with E-state index in [4.69, 9.17) is 10.8 Å². The minimum atomic E-state index is -1.39. The van der Waals surface area contributed by atoms with Gasteiger partial charge >= 0.3 is 11.9 Å². The van der Waals surface area contributed by atoms with E-state index in [-0.39, 0.29) is 24.5 Å². The zero-order valence-corrected chi connectivity index (χ0v) is 16.3. The molecule has 0 heterocycles. The maximum atomic E-state index is 12.5. The first-order valence-electron chi connectivity index (χ1n) is 9.10. The molecule has 160 valence electrons. The van der Waals surface area contributed by atoms with Crippen molar-refractivity contribution in [3.05, 3.63) is 29.8 Å². The van der Waals surface area contributed by atoms with Crippen molar-refractivity contribution in [1.29, 1.82) is 0 Å². The predicted molar refractivity (Wildman–Crippen MR) is 103 cm³/mol. The number of amides is 2. The number of phenols is 1. The van der Waals surface area contributed by atoms with E-state index in [0.717, 1.165) is 5.56 Å².